The molecule has 2 aliphatic rings. The Morgan fingerprint density at radius 2 is 1.82 bits per heavy atom. The van der Waals surface area contributed by atoms with Crippen molar-refractivity contribution >= 4 is 5.97 Å². The van der Waals surface area contributed by atoms with Gasteiger partial charge in [-0.25, -0.2) is 0 Å². The van der Waals surface area contributed by atoms with Crippen LogP contribution < -0.4 is 0 Å². The molecule has 0 amide bonds. The van der Waals surface area contributed by atoms with E-state index in [1.807, 2.05) is 0 Å². The smallest absolute Gasteiger partial charge is 0.314 e. The molecule has 62 valence electrons. The van der Waals surface area contributed by atoms with Crippen LogP contribution in [0.25, 0.3) is 0 Å². The summed E-state index contributed by atoms with van der Waals surface area (Å²) in [7, 11) is 0. The van der Waals surface area contributed by atoms with E-state index in [-0.39, 0.29) is 18.0 Å². The number of esters is 1. The minimum atomic E-state index is -0.135. The van der Waals surface area contributed by atoms with Crippen LogP contribution in [0.5, 0.6) is 0 Å². The van der Waals surface area contributed by atoms with E-state index in [1.165, 1.54) is 0 Å². The molecule has 0 aromatic heterocycles. The maximum absolute atomic E-state index is 11.1. The van der Waals surface area contributed by atoms with Crippen molar-refractivity contribution < 1.29 is 19.0 Å². The van der Waals surface area contributed by atoms with Crippen LogP contribution in [0.4, 0.5) is 0 Å². The first-order chi connectivity index (χ1) is 5.36. The molecule has 4 nitrogen and oxygen atoms in total. The fourth-order valence-corrected chi connectivity index (χ4v) is 0.914. The molecule has 2 saturated heterocycles. The summed E-state index contributed by atoms with van der Waals surface area (Å²) in [4.78, 5) is 11.1. The molecule has 0 aromatic rings. The molecule has 0 bridgehead atoms. The third-order valence-corrected chi connectivity index (χ3v) is 1.86. The van der Waals surface area contributed by atoms with E-state index in [0.717, 1.165) is 0 Å². The molecule has 0 spiro atoms. The molecule has 2 fully saturated rings. The Morgan fingerprint density at radius 1 is 1.18 bits per heavy atom. The van der Waals surface area contributed by atoms with Gasteiger partial charge in [0, 0.05) is 0 Å². The predicted molar refractivity (Wildman–Crippen MR) is 35.0 cm³/mol. The summed E-state index contributed by atoms with van der Waals surface area (Å²) in [6, 6.07) is 0. The van der Waals surface area contributed by atoms with Crippen LogP contribution in [0.15, 0.2) is 0 Å². The third kappa shape index (κ3) is 1.36. The minimum absolute atomic E-state index is 0.00287. The zero-order chi connectivity index (χ0) is 7.68. The second-order valence-corrected chi connectivity index (χ2v) is 2.83. The standard InChI is InChI=1S/C7H10O4/c8-7(5-1-9-2-5)11-6-3-10-4-6/h5-6H,1-4H2. The van der Waals surface area contributed by atoms with Crippen molar-refractivity contribution in [1.29, 1.82) is 0 Å². The van der Waals surface area contributed by atoms with Crippen molar-refractivity contribution in [1.82, 2.24) is 0 Å². The number of carbonyl (C=O) groups is 1. The monoisotopic (exact) mass is 158 g/mol. The van der Waals surface area contributed by atoms with Gasteiger partial charge < -0.3 is 14.2 Å². The average molecular weight is 158 g/mol. The fourth-order valence-electron chi connectivity index (χ4n) is 0.914. The molecule has 0 aromatic carbocycles. The van der Waals surface area contributed by atoms with Crippen molar-refractivity contribution in [2.45, 2.75) is 6.10 Å². The average Bonchev–Trinajstić information content (AvgIpc) is 1.74. The first-order valence-corrected chi connectivity index (χ1v) is 3.72. The van der Waals surface area contributed by atoms with Gasteiger partial charge in [0.25, 0.3) is 0 Å². The summed E-state index contributed by atoms with van der Waals surface area (Å²) in [6.07, 6.45) is 0.00287. The van der Waals surface area contributed by atoms with E-state index in [1.54, 1.807) is 0 Å². The molecule has 0 N–H and O–H groups in total. The molecule has 2 heterocycles. The Kier molecular flexibility index (Phi) is 1.79. The number of ether oxygens (including phenoxy) is 3. The maximum atomic E-state index is 11.1. The highest BCUT2D eigenvalue weighted by molar-refractivity contribution is 5.73. The SMILES string of the molecule is O=C(OC1COC1)C1COC1. The summed E-state index contributed by atoms with van der Waals surface area (Å²) in [5, 5.41) is 0. The summed E-state index contributed by atoms with van der Waals surface area (Å²) < 4.78 is 14.8. The van der Waals surface area contributed by atoms with E-state index in [4.69, 9.17) is 14.2 Å². The number of hydrogen-bond acceptors (Lipinski definition) is 4. The lowest BCUT2D eigenvalue weighted by molar-refractivity contribution is -0.188. The van der Waals surface area contributed by atoms with Gasteiger partial charge in [0.1, 0.15) is 12.0 Å². The van der Waals surface area contributed by atoms with Gasteiger partial charge in [-0.05, 0) is 0 Å². The number of rotatable bonds is 2. The van der Waals surface area contributed by atoms with Crippen molar-refractivity contribution in [2.24, 2.45) is 5.92 Å². The van der Waals surface area contributed by atoms with E-state index in [0.29, 0.717) is 26.4 Å². The molecule has 0 radical (unpaired) electrons. The highest BCUT2D eigenvalue weighted by Gasteiger charge is 2.32. The summed E-state index contributed by atoms with van der Waals surface area (Å²) in [5.41, 5.74) is 0. The second kappa shape index (κ2) is 2.79. The molecule has 0 unspecified atom stereocenters. The number of hydrogen-bond donors (Lipinski definition) is 0. The van der Waals surface area contributed by atoms with Gasteiger partial charge in [0.15, 0.2) is 0 Å². The van der Waals surface area contributed by atoms with Gasteiger partial charge >= 0.3 is 5.97 Å². The van der Waals surface area contributed by atoms with Gasteiger partial charge in [-0.3, -0.25) is 4.79 Å². The van der Waals surface area contributed by atoms with Gasteiger partial charge in [-0.15, -0.1) is 0 Å². The van der Waals surface area contributed by atoms with Crippen LogP contribution in [-0.2, 0) is 19.0 Å². The van der Waals surface area contributed by atoms with Crippen LogP contribution in [0.1, 0.15) is 0 Å². The normalized spacial score (nSPS) is 25.5. The van der Waals surface area contributed by atoms with Crippen LogP contribution in [0.3, 0.4) is 0 Å². The lowest BCUT2D eigenvalue weighted by atomic mass is 10.1. The van der Waals surface area contributed by atoms with E-state index < -0.39 is 0 Å². The topological polar surface area (TPSA) is 44.8 Å². The Morgan fingerprint density at radius 3 is 2.18 bits per heavy atom. The second-order valence-electron chi connectivity index (χ2n) is 2.83. The number of carbonyl (C=O) groups excluding carboxylic acids is 1. The van der Waals surface area contributed by atoms with Crippen molar-refractivity contribution in [3.63, 3.8) is 0 Å². The Balaban J connectivity index is 1.71. The first kappa shape index (κ1) is 7.06. The molecule has 11 heavy (non-hydrogen) atoms. The Hall–Kier alpha value is -0.610. The Bertz CT molecular complexity index is 160. The van der Waals surface area contributed by atoms with Crippen LogP contribution in [0, 0.1) is 5.92 Å². The van der Waals surface area contributed by atoms with Gasteiger partial charge in [-0.1, -0.05) is 0 Å². The largest absolute Gasteiger partial charge is 0.457 e. The van der Waals surface area contributed by atoms with Crippen LogP contribution in [0.2, 0.25) is 0 Å². The van der Waals surface area contributed by atoms with Crippen LogP contribution in [-0.4, -0.2) is 38.5 Å². The molecular formula is C7H10O4. The maximum Gasteiger partial charge on any atom is 0.314 e. The van der Waals surface area contributed by atoms with Crippen LogP contribution >= 0.6 is 0 Å². The Labute approximate surface area is 64.4 Å². The van der Waals surface area contributed by atoms with Crippen molar-refractivity contribution in [3.05, 3.63) is 0 Å². The summed E-state index contributed by atoms with van der Waals surface area (Å²) in [5.74, 6) is -0.153. The zero-order valence-electron chi connectivity index (χ0n) is 6.12. The predicted octanol–water partition coefficient (Wildman–Crippen LogP) is -0.425. The van der Waals surface area contributed by atoms with Gasteiger partial charge in [0.05, 0.1) is 26.4 Å². The third-order valence-electron chi connectivity index (χ3n) is 1.86. The molecule has 0 saturated carbocycles. The minimum Gasteiger partial charge on any atom is -0.457 e. The van der Waals surface area contributed by atoms with Crippen molar-refractivity contribution in [2.75, 3.05) is 26.4 Å². The summed E-state index contributed by atoms with van der Waals surface area (Å²) >= 11 is 0. The van der Waals surface area contributed by atoms with E-state index in [2.05, 4.69) is 0 Å². The molecule has 4 heteroatoms. The zero-order valence-corrected chi connectivity index (χ0v) is 6.12. The lowest BCUT2D eigenvalue weighted by Crippen LogP contribution is -2.43. The first-order valence-electron chi connectivity index (χ1n) is 3.72. The quantitative estimate of drug-likeness (QED) is 0.512. The molecule has 0 aliphatic carbocycles. The molecular weight excluding hydrogens is 148 g/mol. The van der Waals surface area contributed by atoms with Gasteiger partial charge in [-0.2, -0.15) is 0 Å². The fraction of sp³-hybridized carbons (Fsp3) is 0.857. The molecule has 2 aliphatic heterocycles. The molecule has 0 atom stereocenters. The van der Waals surface area contributed by atoms with E-state index >= 15 is 0 Å². The highest BCUT2D eigenvalue weighted by Crippen LogP contribution is 2.15. The van der Waals surface area contributed by atoms with Gasteiger partial charge in [0.2, 0.25) is 0 Å². The summed E-state index contributed by atoms with van der Waals surface area (Å²) in [6.45, 7) is 2.15. The van der Waals surface area contributed by atoms with Crippen molar-refractivity contribution in [3.8, 4) is 0 Å². The highest BCUT2D eigenvalue weighted by atomic mass is 16.6. The molecule has 2 rings (SSSR count). The lowest BCUT2D eigenvalue weighted by Gasteiger charge is -2.30. The van der Waals surface area contributed by atoms with E-state index in [9.17, 15) is 4.79 Å².